The van der Waals surface area contributed by atoms with Crippen molar-refractivity contribution in [3.8, 4) is 0 Å². The number of rotatable bonds is 6. The predicted molar refractivity (Wildman–Crippen MR) is 67.1 cm³/mol. The van der Waals surface area contributed by atoms with Gasteiger partial charge in [-0.25, -0.2) is 0 Å². The van der Waals surface area contributed by atoms with Crippen molar-refractivity contribution in [3.63, 3.8) is 0 Å². The maximum Gasteiger partial charge on any atom is 0.00699 e. The third-order valence-corrected chi connectivity index (χ3v) is 3.10. The molecule has 0 aliphatic heterocycles. The molecule has 0 aromatic heterocycles. The van der Waals surface area contributed by atoms with Gasteiger partial charge in [0, 0.05) is 6.04 Å². The maximum atomic E-state index is 3.52. The van der Waals surface area contributed by atoms with Gasteiger partial charge in [0.25, 0.3) is 0 Å². The van der Waals surface area contributed by atoms with Gasteiger partial charge in [0.05, 0.1) is 0 Å². The van der Waals surface area contributed by atoms with Crippen LogP contribution in [-0.2, 0) is 6.42 Å². The topological polar surface area (TPSA) is 12.0 Å². The maximum absolute atomic E-state index is 3.52. The summed E-state index contributed by atoms with van der Waals surface area (Å²) in [6, 6.07) is 11.4. The third kappa shape index (κ3) is 4.05. The number of benzene rings is 1. The van der Waals surface area contributed by atoms with Crippen molar-refractivity contribution < 1.29 is 0 Å². The number of hydrogen-bond acceptors (Lipinski definition) is 1. The lowest BCUT2D eigenvalue weighted by molar-refractivity contribution is 0.368. The van der Waals surface area contributed by atoms with Crippen molar-refractivity contribution in [3.05, 3.63) is 35.9 Å². The molecule has 1 N–H and O–H groups in total. The molecule has 0 aliphatic rings. The van der Waals surface area contributed by atoms with Crippen LogP contribution in [-0.4, -0.2) is 12.6 Å². The molecule has 2 unspecified atom stereocenters. The van der Waals surface area contributed by atoms with E-state index in [2.05, 4.69) is 56.4 Å². The first-order valence-electron chi connectivity index (χ1n) is 6.05. The van der Waals surface area contributed by atoms with E-state index in [9.17, 15) is 0 Å². The molecule has 1 aromatic carbocycles. The number of nitrogens with one attached hydrogen (secondary N) is 1. The first-order chi connectivity index (χ1) is 7.27. The van der Waals surface area contributed by atoms with Gasteiger partial charge in [-0.2, -0.15) is 0 Å². The minimum atomic E-state index is 0.611. The summed E-state index contributed by atoms with van der Waals surface area (Å²) in [7, 11) is 0. The molecule has 0 amide bonds. The average Bonchev–Trinajstić information content (AvgIpc) is 2.27. The van der Waals surface area contributed by atoms with E-state index in [-0.39, 0.29) is 0 Å². The second-order valence-electron chi connectivity index (χ2n) is 4.20. The van der Waals surface area contributed by atoms with Gasteiger partial charge in [-0.3, -0.25) is 0 Å². The summed E-state index contributed by atoms with van der Waals surface area (Å²) in [5.74, 6) is 0.743. The van der Waals surface area contributed by atoms with Crippen molar-refractivity contribution in [2.24, 2.45) is 5.92 Å². The van der Waals surface area contributed by atoms with Gasteiger partial charge < -0.3 is 5.32 Å². The molecule has 1 aromatic rings. The Morgan fingerprint density at radius 1 is 1.13 bits per heavy atom. The van der Waals surface area contributed by atoms with Gasteiger partial charge >= 0.3 is 0 Å². The zero-order valence-electron chi connectivity index (χ0n) is 10.2. The van der Waals surface area contributed by atoms with Crippen LogP contribution in [0.4, 0.5) is 0 Å². The Balaban J connectivity index is 2.53. The minimum absolute atomic E-state index is 0.611. The monoisotopic (exact) mass is 205 g/mol. The second-order valence-corrected chi connectivity index (χ2v) is 4.20. The van der Waals surface area contributed by atoms with Crippen LogP contribution in [0.2, 0.25) is 0 Å². The Labute approximate surface area is 93.9 Å². The zero-order chi connectivity index (χ0) is 11.1. The van der Waals surface area contributed by atoms with E-state index in [0.717, 1.165) is 12.5 Å². The van der Waals surface area contributed by atoms with Gasteiger partial charge in [-0.05, 0) is 31.4 Å². The Bertz CT molecular complexity index is 255. The van der Waals surface area contributed by atoms with E-state index in [1.165, 1.54) is 18.4 Å². The summed E-state index contributed by atoms with van der Waals surface area (Å²) in [4.78, 5) is 0. The fourth-order valence-electron chi connectivity index (χ4n) is 2.08. The number of hydrogen-bond donors (Lipinski definition) is 1. The molecule has 0 fully saturated rings. The lowest BCUT2D eigenvalue weighted by Crippen LogP contribution is -2.34. The Morgan fingerprint density at radius 3 is 2.33 bits per heavy atom. The molecule has 0 saturated carbocycles. The van der Waals surface area contributed by atoms with Crippen molar-refractivity contribution >= 4 is 0 Å². The smallest absolute Gasteiger partial charge is 0.00699 e. The molecule has 0 heterocycles. The van der Waals surface area contributed by atoms with Crippen LogP contribution in [0.15, 0.2) is 30.3 Å². The molecular weight excluding hydrogens is 182 g/mol. The normalized spacial score (nSPS) is 14.9. The van der Waals surface area contributed by atoms with Gasteiger partial charge in [-0.15, -0.1) is 0 Å². The van der Waals surface area contributed by atoms with Crippen LogP contribution in [0, 0.1) is 5.92 Å². The van der Waals surface area contributed by atoms with E-state index in [1.54, 1.807) is 0 Å². The molecule has 0 bridgehead atoms. The molecule has 2 atom stereocenters. The molecular formula is C14H23N. The minimum Gasteiger partial charge on any atom is -0.314 e. The Morgan fingerprint density at radius 2 is 1.80 bits per heavy atom. The fraction of sp³-hybridized carbons (Fsp3) is 0.571. The standard InChI is InChI=1S/C14H23N/c1-4-14(12(3)15-5-2)11-13-9-7-6-8-10-13/h6-10,12,14-15H,4-5,11H2,1-3H3. The molecule has 1 rings (SSSR count). The highest BCUT2D eigenvalue weighted by atomic mass is 14.9. The van der Waals surface area contributed by atoms with Crippen molar-refractivity contribution in [2.45, 2.75) is 39.7 Å². The van der Waals surface area contributed by atoms with Gasteiger partial charge in [0.1, 0.15) is 0 Å². The van der Waals surface area contributed by atoms with E-state index in [1.807, 2.05) is 0 Å². The molecule has 15 heavy (non-hydrogen) atoms. The summed E-state index contributed by atoms with van der Waals surface area (Å²) < 4.78 is 0. The van der Waals surface area contributed by atoms with E-state index >= 15 is 0 Å². The molecule has 0 radical (unpaired) electrons. The molecule has 0 spiro atoms. The second kappa shape index (κ2) is 6.62. The van der Waals surface area contributed by atoms with Crippen molar-refractivity contribution in [1.82, 2.24) is 5.32 Å². The van der Waals surface area contributed by atoms with Crippen molar-refractivity contribution in [2.75, 3.05) is 6.54 Å². The Kier molecular flexibility index (Phi) is 5.41. The van der Waals surface area contributed by atoms with Crippen LogP contribution in [0.3, 0.4) is 0 Å². The lowest BCUT2D eigenvalue weighted by Gasteiger charge is -2.23. The molecule has 0 aliphatic carbocycles. The van der Waals surface area contributed by atoms with Gasteiger partial charge in [0.15, 0.2) is 0 Å². The lowest BCUT2D eigenvalue weighted by atomic mass is 9.91. The van der Waals surface area contributed by atoms with Crippen LogP contribution in [0.5, 0.6) is 0 Å². The molecule has 0 saturated heterocycles. The highest BCUT2D eigenvalue weighted by Gasteiger charge is 2.14. The molecule has 1 nitrogen and oxygen atoms in total. The fourth-order valence-corrected chi connectivity index (χ4v) is 2.08. The highest BCUT2D eigenvalue weighted by molar-refractivity contribution is 5.15. The van der Waals surface area contributed by atoms with Gasteiger partial charge in [0.2, 0.25) is 0 Å². The van der Waals surface area contributed by atoms with E-state index in [0.29, 0.717) is 6.04 Å². The average molecular weight is 205 g/mol. The first-order valence-corrected chi connectivity index (χ1v) is 6.05. The summed E-state index contributed by atoms with van der Waals surface area (Å²) in [6.07, 6.45) is 2.43. The predicted octanol–water partition coefficient (Wildman–Crippen LogP) is 3.25. The summed E-state index contributed by atoms with van der Waals surface area (Å²) in [6.45, 7) is 7.81. The van der Waals surface area contributed by atoms with E-state index in [4.69, 9.17) is 0 Å². The zero-order valence-corrected chi connectivity index (χ0v) is 10.2. The molecule has 1 heteroatoms. The highest BCUT2D eigenvalue weighted by Crippen LogP contribution is 2.15. The first kappa shape index (κ1) is 12.3. The van der Waals surface area contributed by atoms with Crippen LogP contribution < -0.4 is 5.32 Å². The van der Waals surface area contributed by atoms with Crippen LogP contribution in [0.25, 0.3) is 0 Å². The van der Waals surface area contributed by atoms with E-state index < -0.39 is 0 Å². The Hall–Kier alpha value is -0.820. The van der Waals surface area contributed by atoms with Crippen molar-refractivity contribution in [1.29, 1.82) is 0 Å². The summed E-state index contributed by atoms with van der Waals surface area (Å²) >= 11 is 0. The van der Waals surface area contributed by atoms with Crippen LogP contribution in [0.1, 0.15) is 32.8 Å². The van der Waals surface area contributed by atoms with Crippen LogP contribution >= 0.6 is 0 Å². The quantitative estimate of drug-likeness (QED) is 0.751. The summed E-state index contributed by atoms with van der Waals surface area (Å²) in [5.41, 5.74) is 1.45. The SMILES string of the molecule is CCNC(C)C(CC)Cc1ccccc1. The summed E-state index contributed by atoms with van der Waals surface area (Å²) in [5, 5.41) is 3.52. The largest absolute Gasteiger partial charge is 0.314 e. The molecule has 84 valence electrons. The van der Waals surface area contributed by atoms with Gasteiger partial charge in [-0.1, -0.05) is 50.6 Å². The third-order valence-electron chi connectivity index (χ3n) is 3.10.